The predicted molar refractivity (Wildman–Crippen MR) is 140 cm³/mol. The first-order valence-corrected chi connectivity index (χ1v) is 12.3. The summed E-state index contributed by atoms with van der Waals surface area (Å²) in [5.74, 6) is 0.276. The average molecular weight is 505 g/mol. The minimum absolute atomic E-state index is 0.188. The molecule has 10 nitrogen and oxygen atoms in total. The van der Waals surface area contributed by atoms with Gasteiger partial charge in [-0.2, -0.15) is 5.10 Å². The van der Waals surface area contributed by atoms with E-state index in [-0.39, 0.29) is 18.0 Å². The van der Waals surface area contributed by atoms with Crippen LogP contribution in [-0.2, 0) is 11.8 Å². The third kappa shape index (κ3) is 4.71. The van der Waals surface area contributed by atoms with Crippen LogP contribution in [0, 0.1) is 6.92 Å². The van der Waals surface area contributed by atoms with E-state index in [1.54, 1.807) is 35.0 Å². The van der Waals surface area contributed by atoms with E-state index in [0.717, 1.165) is 35.1 Å². The van der Waals surface area contributed by atoms with Crippen molar-refractivity contribution in [2.24, 2.45) is 7.05 Å². The molecule has 194 valence electrons. The molecule has 1 aromatic carbocycles. The predicted octanol–water partition coefficient (Wildman–Crippen LogP) is 4.86. The van der Waals surface area contributed by atoms with Crippen molar-refractivity contribution in [3.63, 3.8) is 0 Å². The van der Waals surface area contributed by atoms with Crippen molar-refractivity contribution in [3.05, 3.63) is 53.6 Å². The number of ether oxygens (including phenoxy) is 2. The fourth-order valence-electron chi connectivity index (χ4n) is 4.86. The Labute approximate surface area is 215 Å². The van der Waals surface area contributed by atoms with E-state index >= 15 is 0 Å². The highest BCUT2D eigenvalue weighted by atomic mass is 16.6. The van der Waals surface area contributed by atoms with Crippen molar-refractivity contribution in [2.75, 3.05) is 19.0 Å². The van der Waals surface area contributed by atoms with Gasteiger partial charge >= 0.3 is 6.09 Å². The van der Waals surface area contributed by atoms with Crippen LogP contribution in [0.2, 0.25) is 0 Å². The number of amides is 2. The summed E-state index contributed by atoms with van der Waals surface area (Å²) in [6, 6.07) is 7.10. The minimum atomic E-state index is -0.570. The number of carbonyl (C=O) groups is 2. The SMILES string of the molecule is COc1cc(NC(=O)c2ccc3c(C)nn(C)c3c2)cn2cc([C@H]3CCCN3C(=O)OC(C)(C)C)nc12. The molecule has 0 radical (unpaired) electrons. The third-order valence-corrected chi connectivity index (χ3v) is 6.53. The van der Waals surface area contributed by atoms with Gasteiger partial charge in [-0.25, -0.2) is 9.78 Å². The zero-order chi connectivity index (χ0) is 26.5. The van der Waals surface area contributed by atoms with E-state index in [0.29, 0.717) is 29.2 Å². The largest absolute Gasteiger partial charge is 0.493 e. The van der Waals surface area contributed by atoms with E-state index < -0.39 is 5.60 Å². The van der Waals surface area contributed by atoms with Crippen LogP contribution in [0.5, 0.6) is 5.75 Å². The fraction of sp³-hybridized carbons (Fsp3) is 0.407. The molecule has 0 aliphatic carbocycles. The fourth-order valence-corrected chi connectivity index (χ4v) is 4.86. The maximum absolute atomic E-state index is 13.1. The van der Waals surface area contributed by atoms with Gasteiger partial charge in [0, 0.05) is 43.0 Å². The van der Waals surface area contributed by atoms with E-state index in [1.807, 2.05) is 57.5 Å². The number of hydrogen-bond donors (Lipinski definition) is 1. The molecule has 0 spiro atoms. The zero-order valence-electron chi connectivity index (χ0n) is 22.0. The topological polar surface area (TPSA) is 103 Å². The van der Waals surface area contributed by atoms with Crippen molar-refractivity contribution >= 4 is 34.2 Å². The van der Waals surface area contributed by atoms with Gasteiger partial charge in [0.2, 0.25) is 0 Å². The maximum atomic E-state index is 13.1. The first kappa shape index (κ1) is 24.6. The van der Waals surface area contributed by atoms with Crippen molar-refractivity contribution in [1.29, 1.82) is 0 Å². The van der Waals surface area contributed by atoms with Crippen LogP contribution in [0.3, 0.4) is 0 Å². The second-order valence-electron chi connectivity index (χ2n) is 10.4. The van der Waals surface area contributed by atoms with E-state index in [4.69, 9.17) is 14.5 Å². The summed E-state index contributed by atoms with van der Waals surface area (Å²) in [5.41, 5.74) is 3.70. The van der Waals surface area contributed by atoms with Crippen molar-refractivity contribution in [3.8, 4) is 5.75 Å². The Balaban J connectivity index is 1.42. The number of aryl methyl sites for hydroxylation is 2. The lowest BCUT2D eigenvalue weighted by Crippen LogP contribution is -2.36. The molecule has 37 heavy (non-hydrogen) atoms. The number of aromatic nitrogens is 4. The molecule has 4 heterocycles. The van der Waals surface area contributed by atoms with Gasteiger partial charge in [-0.1, -0.05) is 6.07 Å². The Morgan fingerprint density at radius 3 is 2.68 bits per heavy atom. The van der Waals surface area contributed by atoms with Crippen molar-refractivity contribution in [1.82, 2.24) is 24.1 Å². The smallest absolute Gasteiger partial charge is 0.410 e. The molecule has 1 aliphatic rings. The van der Waals surface area contributed by atoms with Crippen molar-refractivity contribution < 1.29 is 19.1 Å². The molecule has 1 N–H and O–H groups in total. The Morgan fingerprint density at radius 2 is 1.95 bits per heavy atom. The molecule has 4 aromatic rings. The highest BCUT2D eigenvalue weighted by molar-refractivity contribution is 6.06. The van der Waals surface area contributed by atoms with Gasteiger partial charge in [-0.3, -0.25) is 14.4 Å². The molecule has 0 unspecified atom stereocenters. The second kappa shape index (κ2) is 9.10. The Bertz CT molecular complexity index is 1510. The number of carbonyl (C=O) groups excluding carboxylic acids is 2. The van der Waals surface area contributed by atoms with Gasteiger partial charge in [-0.05, 0) is 52.7 Å². The summed E-state index contributed by atoms with van der Waals surface area (Å²) in [7, 11) is 3.43. The summed E-state index contributed by atoms with van der Waals surface area (Å²) in [4.78, 5) is 32.4. The number of nitrogens with zero attached hydrogens (tertiary/aromatic N) is 5. The molecular weight excluding hydrogens is 472 g/mol. The van der Waals surface area contributed by atoms with Crippen LogP contribution < -0.4 is 10.1 Å². The highest BCUT2D eigenvalue weighted by Gasteiger charge is 2.34. The van der Waals surface area contributed by atoms with E-state index in [9.17, 15) is 9.59 Å². The molecule has 1 fully saturated rings. The highest BCUT2D eigenvalue weighted by Crippen LogP contribution is 2.34. The summed E-state index contributed by atoms with van der Waals surface area (Å²) in [6.07, 6.45) is 5.01. The Kier molecular flexibility index (Phi) is 6.05. The Hall–Kier alpha value is -4.08. The number of anilines is 1. The number of hydrogen-bond acceptors (Lipinski definition) is 6. The molecule has 0 saturated carbocycles. The molecule has 0 bridgehead atoms. The number of fused-ring (bicyclic) bond motifs is 2. The van der Waals surface area contributed by atoms with Gasteiger partial charge in [0.15, 0.2) is 11.4 Å². The number of rotatable bonds is 4. The lowest BCUT2D eigenvalue weighted by molar-refractivity contribution is 0.0221. The Morgan fingerprint density at radius 1 is 1.16 bits per heavy atom. The second-order valence-corrected chi connectivity index (χ2v) is 10.4. The summed E-state index contributed by atoms with van der Waals surface area (Å²) >= 11 is 0. The number of pyridine rings is 1. The third-order valence-electron chi connectivity index (χ3n) is 6.53. The van der Waals surface area contributed by atoms with E-state index in [2.05, 4.69) is 10.4 Å². The van der Waals surface area contributed by atoms with Gasteiger partial charge in [0.05, 0.1) is 35.7 Å². The zero-order valence-corrected chi connectivity index (χ0v) is 22.0. The van der Waals surface area contributed by atoms with Crippen LogP contribution in [-0.4, -0.2) is 55.3 Å². The van der Waals surface area contributed by atoms with Gasteiger partial charge in [0.25, 0.3) is 5.91 Å². The van der Waals surface area contributed by atoms with Gasteiger partial charge in [-0.15, -0.1) is 0 Å². The molecule has 1 saturated heterocycles. The number of nitrogens with one attached hydrogen (secondary N) is 1. The normalized spacial score (nSPS) is 15.9. The molecular formula is C27H32N6O4. The van der Waals surface area contributed by atoms with Gasteiger partial charge < -0.3 is 19.2 Å². The first-order valence-electron chi connectivity index (χ1n) is 12.3. The lowest BCUT2D eigenvalue weighted by Gasteiger charge is -2.27. The molecule has 1 aliphatic heterocycles. The number of benzene rings is 1. The standard InChI is InChI=1S/C27H32N6O4/c1-16-19-10-9-17(12-22(19)31(5)30-16)25(34)28-18-13-23(36-6)24-29-20(15-32(24)14-18)21-8-7-11-33(21)26(35)37-27(2,3)4/h9-10,12-15,21H,7-8,11H2,1-6H3,(H,28,34)/t21-/m1/s1. The quantitative estimate of drug-likeness (QED) is 0.426. The first-order chi connectivity index (χ1) is 17.5. The molecule has 10 heteroatoms. The maximum Gasteiger partial charge on any atom is 0.410 e. The van der Waals surface area contributed by atoms with Crippen LogP contribution >= 0.6 is 0 Å². The van der Waals surface area contributed by atoms with Crippen LogP contribution in [0.15, 0.2) is 36.7 Å². The minimum Gasteiger partial charge on any atom is -0.493 e. The molecule has 2 amide bonds. The summed E-state index contributed by atoms with van der Waals surface area (Å²) in [6.45, 7) is 8.14. The molecule has 3 aromatic heterocycles. The van der Waals surface area contributed by atoms with Crippen LogP contribution in [0.4, 0.5) is 10.5 Å². The van der Waals surface area contributed by atoms with Crippen LogP contribution in [0.25, 0.3) is 16.6 Å². The number of methoxy groups -OCH3 is 1. The number of imidazole rings is 1. The summed E-state index contributed by atoms with van der Waals surface area (Å²) in [5, 5.41) is 8.41. The van der Waals surface area contributed by atoms with E-state index in [1.165, 1.54) is 0 Å². The monoisotopic (exact) mass is 504 g/mol. The van der Waals surface area contributed by atoms with Crippen LogP contribution in [0.1, 0.15) is 61.4 Å². The molecule has 1 atom stereocenters. The number of likely N-dealkylation sites (tertiary alicyclic amines) is 1. The molecule has 5 rings (SSSR count). The van der Waals surface area contributed by atoms with Crippen molar-refractivity contribution in [2.45, 2.75) is 52.2 Å². The van der Waals surface area contributed by atoms with Gasteiger partial charge in [0.1, 0.15) is 5.60 Å². The average Bonchev–Trinajstić information content (AvgIpc) is 3.54. The summed E-state index contributed by atoms with van der Waals surface area (Å²) < 4.78 is 14.8. The lowest BCUT2D eigenvalue weighted by atomic mass is 10.1.